The maximum Gasteiger partial charge on any atom is 0.279 e. The van der Waals surface area contributed by atoms with Crippen LogP contribution in [0.2, 0.25) is 0 Å². The Morgan fingerprint density at radius 3 is 2.33 bits per heavy atom. The molecule has 1 aliphatic carbocycles. The summed E-state index contributed by atoms with van der Waals surface area (Å²) in [6.45, 7) is 0.476. The molecule has 0 bridgehead atoms. The molecular weight excluding hydrogens is 180 g/mol. The molecule has 0 spiro atoms. The minimum absolute atomic E-state index is 0.146. The topological polar surface area (TPSA) is 69.6 Å². The number of β-amino-alcohol motifs (C(OH)–C–C–N with tert-alkyl or cyclic N) is 1. The quantitative estimate of drug-likeness (QED) is 0.581. The van der Waals surface area contributed by atoms with E-state index in [4.69, 9.17) is 5.11 Å². The number of hydrogen-bond donors (Lipinski definition) is 2. The summed E-state index contributed by atoms with van der Waals surface area (Å²) in [5.41, 5.74) is 0. The molecule has 6 heteroatoms. The van der Waals surface area contributed by atoms with E-state index >= 15 is 0 Å². The number of rotatable bonds is 3. The summed E-state index contributed by atoms with van der Waals surface area (Å²) in [5.74, 6) is 0. The van der Waals surface area contributed by atoms with Gasteiger partial charge in [0, 0.05) is 19.1 Å². The van der Waals surface area contributed by atoms with Gasteiger partial charge in [0.2, 0.25) is 0 Å². The molecular formula is C6H12N2O3S. The normalized spacial score (nSPS) is 27.1. The van der Waals surface area contributed by atoms with Crippen LogP contribution < -0.4 is 4.72 Å². The van der Waals surface area contributed by atoms with Crippen LogP contribution in [0.1, 0.15) is 12.8 Å². The molecule has 2 aliphatic rings. The molecule has 1 saturated carbocycles. The third-order valence-electron chi connectivity index (χ3n) is 2.06. The number of hydrogen-bond acceptors (Lipinski definition) is 3. The fourth-order valence-electron chi connectivity index (χ4n) is 1.10. The Morgan fingerprint density at radius 2 is 1.92 bits per heavy atom. The highest BCUT2D eigenvalue weighted by atomic mass is 32.2. The van der Waals surface area contributed by atoms with Crippen molar-refractivity contribution in [2.45, 2.75) is 25.0 Å². The second kappa shape index (κ2) is 2.66. The molecule has 0 atom stereocenters. The van der Waals surface area contributed by atoms with Crippen molar-refractivity contribution in [3.8, 4) is 0 Å². The van der Waals surface area contributed by atoms with Gasteiger partial charge in [0.05, 0.1) is 6.10 Å². The van der Waals surface area contributed by atoms with Crippen LogP contribution in [-0.2, 0) is 10.2 Å². The van der Waals surface area contributed by atoms with E-state index in [-0.39, 0.29) is 19.1 Å². The molecule has 0 aromatic heterocycles. The Bertz CT molecular complexity index is 267. The molecule has 0 aromatic carbocycles. The van der Waals surface area contributed by atoms with E-state index in [1.54, 1.807) is 0 Å². The van der Waals surface area contributed by atoms with Crippen molar-refractivity contribution in [2.24, 2.45) is 0 Å². The van der Waals surface area contributed by atoms with Gasteiger partial charge in [-0.1, -0.05) is 0 Å². The van der Waals surface area contributed by atoms with E-state index < -0.39 is 16.3 Å². The summed E-state index contributed by atoms with van der Waals surface area (Å²) in [6, 6.07) is 0.146. The fourth-order valence-corrected chi connectivity index (χ4v) is 2.64. The van der Waals surface area contributed by atoms with E-state index in [1.165, 1.54) is 4.31 Å². The van der Waals surface area contributed by atoms with Gasteiger partial charge in [0.25, 0.3) is 10.2 Å². The van der Waals surface area contributed by atoms with E-state index in [2.05, 4.69) is 4.72 Å². The fraction of sp³-hybridized carbons (Fsp3) is 1.00. The van der Waals surface area contributed by atoms with E-state index in [1.807, 2.05) is 0 Å². The largest absolute Gasteiger partial charge is 0.390 e. The van der Waals surface area contributed by atoms with Gasteiger partial charge in [-0.05, 0) is 12.8 Å². The van der Waals surface area contributed by atoms with Gasteiger partial charge in [-0.3, -0.25) is 0 Å². The number of nitrogens with one attached hydrogen (secondary N) is 1. The summed E-state index contributed by atoms with van der Waals surface area (Å²) in [5, 5.41) is 8.90. The minimum Gasteiger partial charge on any atom is -0.390 e. The van der Waals surface area contributed by atoms with E-state index in [0.717, 1.165) is 12.8 Å². The molecule has 2 rings (SSSR count). The molecule has 1 aliphatic heterocycles. The van der Waals surface area contributed by atoms with E-state index in [0.29, 0.717) is 0 Å². The maximum atomic E-state index is 11.3. The Hall–Kier alpha value is -0.170. The molecule has 1 saturated heterocycles. The number of aliphatic hydroxyl groups excluding tert-OH is 1. The zero-order chi connectivity index (χ0) is 8.77. The maximum absolute atomic E-state index is 11.3. The molecule has 2 fully saturated rings. The first-order valence-electron chi connectivity index (χ1n) is 4.03. The summed E-state index contributed by atoms with van der Waals surface area (Å²) in [7, 11) is -3.27. The predicted molar refractivity (Wildman–Crippen MR) is 42.7 cm³/mol. The monoisotopic (exact) mass is 192 g/mol. The first kappa shape index (κ1) is 8.43. The Morgan fingerprint density at radius 1 is 1.33 bits per heavy atom. The van der Waals surface area contributed by atoms with Crippen LogP contribution in [0.4, 0.5) is 0 Å². The van der Waals surface area contributed by atoms with Gasteiger partial charge < -0.3 is 5.11 Å². The second-order valence-corrected chi connectivity index (χ2v) is 5.07. The van der Waals surface area contributed by atoms with Crippen LogP contribution in [-0.4, -0.2) is 43.1 Å². The first-order chi connectivity index (χ1) is 5.58. The average Bonchev–Trinajstić information content (AvgIpc) is 2.63. The lowest BCUT2D eigenvalue weighted by Gasteiger charge is -2.34. The van der Waals surface area contributed by atoms with Crippen LogP contribution in [0.3, 0.4) is 0 Å². The van der Waals surface area contributed by atoms with Crippen LogP contribution in [0.15, 0.2) is 0 Å². The smallest absolute Gasteiger partial charge is 0.279 e. The molecule has 70 valence electrons. The molecule has 0 amide bonds. The highest BCUT2D eigenvalue weighted by Gasteiger charge is 2.37. The molecule has 0 radical (unpaired) electrons. The third kappa shape index (κ3) is 1.61. The molecule has 12 heavy (non-hydrogen) atoms. The predicted octanol–water partition coefficient (Wildman–Crippen LogP) is -1.34. The third-order valence-corrected chi connectivity index (χ3v) is 3.67. The van der Waals surface area contributed by atoms with E-state index in [9.17, 15) is 8.42 Å². The van der Waals surface area contributed by atoms with Crippen molar-refractivity contribution in [2.75, 3.05) is 13.1 Å². The van der Waals surface area contributed by atoms with Gasteiger partial charge in [-0.15, -0.1) is 0 Å². The second-order valence-electron chi connectivity index (χ2n) is 3.37. The number of aliphatic hydroxyl groups is 1. The summed E-state index contributed by atoms with van der Waals surface area (Å²) in [6.07, 6.45) is 1.41. The minimum atomic E-state index is -3.27. The summed E-state index contributed by atoms with van der Waals surface area (Å²) in [4.78, 5) is 0. The van der Waals surface area contributed by atoms with Crippen LogP contribution >= 0.6 is 0 Å². The van der Waals surface area contributed by atoms with Crippen molar-refractivity contribution in [1.82, 2.24) is 9.03 Å². The SMILES string of the molecule is O=S(=O)(NC1CC1)N1CC(O)C1. The first-order valence-corrected chi connectivity index (χ1v) is 5.47. The molecule has 2 N–H and O–H groups in total. The van der Waals surface area contributed by atoms with Crippen molar-refractivity contribution < 1.29 is 13.5 Å². The Labute approximate surface area is 71.6 Å². The van der Waals surface area contributed by atoms with Gasteiger partial charge in [0.15, 0.2) is 0 Å². The standard InChI is InChI=1S/C6H12N2O3S/c9-6-3-8(4-6)12(10,11)7-5-1-2-5/h5-7,9H,1-4H2. The Balaban J connectivity index is 1.91. The molecule has 1 heterocycles. The van der Waals surface area contributed by atoms with Gasteiger partial charge >= 0.3 is 0 Å². The lowest BCUT2D eigenvalue weighted by atomic mass is 10.2. The van der Waals surface area contributed by atoms with Gasteiger partial charge in [0.1, 0.15) is 0 Å². The molecule has 5 nitrogen and oxygen atoms in total. The lowest BCUT2D eigenvalue weighted by Crippen LogP contribution is -2.57. The van der Waals surface area contributed by atoms with Gasteiger partial charge in [-0.2, -0.15) is 17.4 Å². The number of nitrogens with zero attached hydrogens (tertiary/aromatic N) is 1. The molecule has 0 unspecified atom stereocenters. The van der Waals surface area contributed by atoms with Crippen LogP contribution in [0.5, 0.6) is 0 Å². The molecule has 0 aromatic rings. The van der Waals surface area contributed by atoms with Crippen molar-refractivity contribution in [1.29, 1.82) is 0 Å². The summed E-state index contributed by atoms with van der Waals surface area (Å²) < 4.78 is 26.4. The highest BCUT2D eigenvalue weighted by Crippen LogP contribution is 2.22. The zero-order valence-electron chi connectivity index (χ0n) is 6.60. The Kier molecular flexibility index (Phi) is 1.87. The summed E-state index contributed by atoms with van der Waals surface area (Å²) >= 11 is 0. The van der Waals surface area contributed by atoms with Crippen molar-refractivity contribution in [3.05, 3.63) is 0 Å². The van der Waals surface area contributed by atoms with Crippen LogP contribution in [0.25, 0.3) is 0 Å². The van der Waals surface area contributed by atoms with Crippen molar-refractivity contribution >= 4 is 10.2 Å². The van der Waals surface area contributed by atoms with Gasteiger partial charge in [-0.25, -0.2) is 0 Å². The van der Waals surface area contributed by atoms with Crippen molar-refractivity contribution in [3.63, 3.8) is 0 Å². The average molecular weight is 192 g/mol. The lowest BCUT2D eigenvalue weighted by molar-refractivity contribution is 0.0539. The van der Waals surface area contributed by atoms with Crippen LogP contribution in [0, 0.1) is 0 Å². The highest BCUT2D eigenvalue weighted by molar-refractivity contribution is 7.87. The zero-order valence-corrected chi connectivity index (χ0v) is 7.42.